The second-order valence-electron chi connectivity index (χ2n) is 6.31. The highest BCUT2D eigenvalue weighted by molar-refractivity contribution is 5.30. The molecule has 5 nitrogen and oxygen atoms in total. The highest BCUT2D eigenvalue weighted by atomic mass is 16.5. The van der Waals surface area contributed by atoms with Gasteiger partial charge in [-0.05, 0) is 31.0 Å². The van der Waals surface area contributed by atoms with Crippen molar-refractivity contribution in [3.05, 3.63) is 29.8 Å². The summed E-state index contributed by atoms with van der Waals surface area (Å²) in [5, 5.41) is 17.9. The van der Waals surface area contributed by atoms with E-state index in [1.54, 1.807) is 7.11 Å². The van der Waals surface area contributed by atoms with E-state index in [0.717, 1.165) is 38.5 Å². The van der Waals surface area contributed by atoms with E-state index < -0.39 is 0 Å². The van der Waals surface area contributed by atoms with Crippen LogP contribution in [0.2, 0.25) is 0 Å². The van der Waals surface area contributed by atoms with Gasteiger partial charge in [0, 0.05) is 45.2 Å². The molecule has 1 fully saturated rings. The van der Waals surface area contributed by atoms with Crippen LogP contribution in [0.5, 0.6) is 5.75 Å². The zero-order valence-corrected chi connectivity index (χ0v) is 14.6. The monoisotopic (exact) mass is 326 g/mol. The Labute approximate surface area is 145 Å². The van der Waals surface area contributed by atoms with Gasteiger partial charge in [0.25, 0.3) is 0 Å². The van der Waals surface area contributed by atoms with Crippen molar-refractivity contribution in [1.82, 2.24) is 9.80 Å². The largest absolute Gasteiger partial charge is 0.497 e. The molecule has 128 valence electrons. The molecule has 1 aromatic carbocycles. The van der Waals surface area contributed by atoms with E-state index in [9.17, 15) is 5.26 Å². The lowest BCUT2D eigenvalue weighted by Crippen LogP contribution is -2.48. The van der Waals surface area contributed by atoms with Crippen LogP contribution in [0.4, 0.5) is 0 Å². The van der Waals surface area contributed by atoms with Crippen LogP contribution in [-0.2, 0) is 0 Å². The van der Waals surface area contributed by atoms with E-state index in [-0.39, 0.29) is 5.92 Å². The van der Waals surface area contributed by atoms with Crippen LogP contribution in [0, 0.1) is 28.6 Å². The number of hydrogen-bond acceptors (Lipinski definition) is 5. The fraction of sp³-hybridized carbons (Fsp3) is 0.579. The number of nitriles is 2. The molecule has 0 N–H and O–H groups in total. The first-order valence-corrected chi connectivity index (χ1v) is 8.55. The van der Waals surface area contributed by atoms with E-state index >= 15 is 0 Å². The van der Waals surface area contributed by atoms with Crippen molar-refractivity contribution >= 4 is 0 Å². The molecule has 2 rings (SSSR count). The molecule has 1 aromatic rings. The molecule has 0 aliphatic carbocycles. The van der Waals surface area contributed by atoms with E-state index in [1.165, 1.54) is 5.56 Å². The summed E-state index contributed by atoms with van der Waals surface area (Å²) in [6.07, 6.45) is 1.14. The molecule has 0 aromatic heterocycles. The normalized spacial score (nSPS) is 18.3. The van der Waals surface area contributed by atoms with Crippen molar-refractivity contribution in [2.45, 2.75) is 25.8 Å². The highest BCUT2D eigenvalue weighted by Crippen LogP contribution is 2.25. The predicted octanol–water partition coefficient (Wildman–Crippen LogP) is 2.82. The zero-order chi connectivity index (χ0) is 17.4. The minimum Gasteiger partial charge on any atom is -0.497 e. The Morgan fingerprint density at radius 2 is 1.96 bits per heavy atom. The summed E-state index contributed by atoms with van der Waals surface area (Å²) in [7, 11) is 1.69. The predicted molar refractivity (Wildman–Crippen MR) is 93.4 cm³/mol. The standard InChI is InChI=1S/C19H26N4O/c1-16(18-6-3-7-19(13-18)24-2)23-11-9-22(10-12-23)15-17(14-21)5-4-8-20/h3,6-7,13,16-17H,4-5,9-12,15H2,1-2H3/t16-,17-/m0/s1. The summed E-state index contributed by atoms with van der Waals surface area (Å²) in [6, 6.07) is 13.1. The molecule has 2 atom stereocenters. The second kappa shape index (κ2) is 9.27. The Hall–Kier alpha value is -2.08. The van der Waals surface area contributed by atoms with Gasteiger partial charge in [-0.2, -0.15) is 10.5 Å². The molecular formula is C19H26N4O. The van der Waals surface area contributed by atoms with Gasteiger partial charge in [-0.15, -0.1) is 0 Å². The third-order valence-corrected chi connectivity index (χ3v) is 4.80. The maximum Gasteiger partial charge on any atom is 0.119 e. The van der Waals surface area contributed by atoms with Crippen LogP contribution < -0.4 is 4.74 Å². The summed E-state index contributed by atoms with van der Waals surface area (Å²) in [4.78, 5) is 4.82. The molecule has 5 heteroatoms. The fourth-order valence-electron chi connectivity index (χ4n) is 3.19. The Morgan fingerprint density at radius 1 is 1.21 bits per heavy atom. The number of benzene rings is 1. The lowest BCUT2D eigenvalue weighted by atomic mass is 10.0. The third-order valence-electron chi connectivity index (χ3n) is 4.80. The minimum absolute atomic E-state index is 0.0352. The number of piperazine rings is 1. The van der Waals surface area contributed by atoms with Crippen molar-refractivity contribution in [2.75, 3.05) is 39.8 Å². The van der Waals surface area contributed by atoms with Crippen LogP contribution in [0.15, 0.2) is 24.3 Å². The summed E-state index contributed by atoms with van der Waals surface area (Å²) >= 11 is 0. The molecule has 1 saturated heterocycles. The first-order valence-electron chi connectivity index (χ1n) is 8.55. The topological polar surface area (TPSA) is 63.3 Å². The summed E-state index contributed by atoms with van der Waals surface area (Å²) < 4.78 is 5.32. The maximum absolute atomic E-state index is 9.21. The second-order valence-corrected chi connectivity index (χ2v) is 6.31. The molecule has 1 aliphatic rings. The Morgan fingerprint density at radius 3 is 2.58 bits per heavy atom. The quantitative estimate of drug-likeness (QED) is 0.771. The first-order chi connectivity index (χ1) is 11.7. The average Bonchev–Trinajstić information content (AvgIpc) is 2.65. The highest BCUT2D eigenvalue weighted by Gasteiger charge is 2.23. The number of methoxy groups -OCH3 is 1. The van der Waals surface area contributed by atoms with Gasteiger partial charge in [-0.1, -0.05) is 12.1 Å². The molecule has 0 amide bonds. The van der Waals surface area contributed by atoms with Crippen molar-refractivity contribution in [2.24, 2.45) is 5.92 Å². The van der Waals surface area contributed by atoms with Gasteiger partial charge in [0.05, 0.1) is 25.2 Å². The lowest BCUT2D eigenvalue weighted by molar-refractivity contribution is 0.0954. The molecule has 1 heterocycles. The van der Waals surface area contributed by atoms with Crippen LogP contribution in [-0.4, -0.2) is 49.6 Å². The van der Waals surface area contributed by atoms with E-state index in [2.05, 4.69) is 41.0 Å². The summed E-state index contributed by atoms with van der Waals surface area (Å²) in [5.41, 5.74) is 1.27. The van der Waals surface area contributed by atoms with Gasteiger partial charge < -0.3 is 4.74 Å². The minimum atomic E-state index is -0.0352. The lowest BCUT2D eigenvalue weighted by Gasteiger charge is -2.38. The van der Waals surface area contributed by atoms with Crippen LogP contribution in [0.25, 0.3) is 0 Å². The maximum atomic E-state index is 9.21. The van der Waals surface area contributed by atoms with Gasteiger partial charge in [0.1, 0.15) is 5.75 Å². The van der Waals surface area contributed by atoms with Gasteiger partial charge in [-0.25, -0.2) is 0 Å². The molecule has 24 heavy (non-hydrogen) atoms. The Bertz CT molecular complexity index is 596. The SMILES string of the molecule is COc1cccc([C@H](C)N2CCN(C[C@H](C#N)CCC#N)CC2)c1. The molecule has 0 radical (unpaired) electrons. The molecule has 0 spiro atoms. The molecule has 0 bridgehead atoms. The van der Waals surface area contributed by atoms with Gasteiger partial charge in [-0.3, -0.25) is 9.80 Å². The van der Waals surface area contributed by atoms with Crippen molar-refractivity contribution < 1.29 is 4.74 Å². The molecule has 1 aliphatic heterocycles. The van der Waals surface area contributed by atoms with Crippen molar-refractivity contribution in [3.8, 4) is 17.9 Å². The number of hydrogen-bond donors (Lipinski definition) is 0. The van der Waals surface area contributed by atoms with Crippen LogP contribution in [0.3, 0.4) is 0 Å². The van der Waals surface area contributed by atoms with Gasteiger partial charge in [0.2, 0.25) is 0 Å². The molecular weight excluding hydrogens is 300 g/mol. The Kier molecular flexibility index (Phi) is 7.06. The summed E-state index contributed by atoms with van der Waals surface area (Å²) in [5.74, 6) is 0.861. The van der Waals surface area contributed by atoms with Crippen molar-refractivity contribution in [1.29, 1.82) is 10.5 Å². The van der Waals surface area contributed by atoms with Gasteiger partial charge in [0.15, 0.2) is 0 Å². The Balaban J connectivity index is 1.85. The van der Waals surface area contributed by atoms with Crippen LogP contribution in [0.1, 0.15) is 31.4 Å². The average molecular weight is 326 g/mol. The molecule has 0 saturated carbocycles. The number of rotatable bonds is 7. The smallest absolute Gasteiger partial charge is 0.119 e. The number of ether oxygens (including phenoxy) is 1. The summed E-state index contributed by atoms with van der Waals surface area (Å²) in [6.45, 7) is 6.94. The zero-order valence-electron chi connectivity index (χ0n) is 14.6. The van der Waals surface area contributed by atoms with E-state index in [4.69, 9.17) is 10.00 Å². The fourth-order valence-corrected chi connectivity index (χ4v) is 3.19. The van der Waals surface area contributed by atoms with Gasteiger partial charge >= 0.3 is 0 Å². The van der Waals surface area contributed by atoms with Crippen LogP contribution >= 0.6 is 0 Å². The van der Waals surface area contributed by atoms with Crippen molar-refractivity contribution in [3.63, 3.8) is 0 Å². The third kappa shape index (κ3) is 4.96. The first kappa shape index (κ1) is 18.3. The number of nitrogens with zero attached hydrogens (tertiary/aromatic N) is 4. The van der Waals surface area contributed by atoms with E-state index in [0.29, 0.717) is 18.9 Å². The molecule has 0 unspecified atom stereocenters. The van der Waals surface area contributed by atoms with E-state index in [1.807, 2.05) is 12.1 Å².